The topological polar surface area (TPSA) is 25.8 Å². The Morgan fingerprint density at radius 3 is 1.92 bits per heavy atom. The molecule has 7 rings (SSSR count). The second kappa shape index (κ2) is 13.7. The predicted molar refractivity (Wildman–Crippen MR) is 197 cm³/mol. The van der Waals surface area contributed by atoms with Crippen molar-refractivity contribution in [3.05, 3.63) is 156 Å². The van der Waals surface area contributed by atoms with Crippen LogP contribution in [0.5, 0.6) is 0 Å². The first-order valence-electron chi connectivity index (χ1n) is 16.5. The largest absolute Gasteiger partial charge is 0.305 e. The van der Waals surface area contributed by atoms with Crippen molar-refractivity contribution in [2.45, 2.75) is 71.6 Å². The fourth-order valence-corrected chi connectivity index (χ4v) is 6.45. The van der Waals surface area contributed by atoms with Gasteiger partial charge in [0.05, 0.1) is 0 Å². The molecular formula is C45H44IrN2-2. The molecule has 0 fully saturated rings. The SMILES string of the molecule is CC(C)(C)c1cc[c-]c(-c2cc(-c3ccccc3)ccn2)c1.CC(C)(C)c1ccc2c(c1)C(C)(C)c1c(-c3ccccn3)[c-]ccc1-2.[Ir]. The Bertz CT molecular complexity index is 2010. The maximum absolute atomic E-state index is 4.58. The quantitative estimate of drug-likeness (QED) is 0.167. The molecule has 0 saturated carbocycles. The van der Waals surface area contributed by atoms with Crippen LogP contribution < -0.4 is 0 Å². The van der Waals surface area contributed by atoms with Crippen LogP contribution in [0.15, 0.2) is 122 Å². The molecule has 1 radical (unpaired) electrons. The fourth-order valence-electron chi connectivity index (χ4n) is 6.45. The number of hydrogen-bond donors (Lipinski definition) is 0. The standard InChI is InChI=1S/C24H24N.C21H20N.Ir/c1-23(2,3)16-12-13-17-18-9-8-10-19(21-11-6-7-14-25-21)22(18)24(4,5)20(17)15-16;1-21(2,3)19-11-7-10-18(14-19)20-15-17(12-13-22-20)16-8-5-4-6-9-16;/h6-9,11-15H,1-5H3;4-9,11-15H,1-3H3;/q2*-1;. The van der Waals surface area contributed by atoms with Crippen molar-refractivity contribution >= 4 is 0 Å². The fraction of sp³-hybridized carbons (Fsp3) is 0.244. The summed E-state index contributed by atoms with van der Waals surface area (Å²) >= 11 is 0. The van der Waals surface area contributed by atoms with Gasteiger partial charge in [-0.05, 0) is 67.6 Å². The van der Waals surface area contributed by atoms with E-state index >= 15 is 0 Å². The van der Waals surface area contributed by atoms with Gasteiger partial charge in [-0.2, -0.15) is 0 Å². The van der Waals surface area contributed by atoms with Gasteiger partial charge in [-0.25, -0.2) is 0 Å². The molecule has 0 unspecified atom stereocenters. The molecule has 245 valence electrons. The van der Waals surface area contributed by atoms with Gasteiger partial charge in [0.25, 0.3) is 0 Å². The van der Waals surface area contributed by atoms with Gasteiger partial charge in [0, 0.05) is 32.5 Å². The first-order valence-corrected chi connectivity index (χ1v) is 16.5. The van der Waals surface area contributed by atoms with Gasteiger partial charge < -0.3 is 9.97 Å². The average molecular weight is 805 g/mol. The van der Waals surface area contributed by atoms with E-state index in [0.717, 1.165) is 22.5 Å². The van der Waals surface area contributed by atoms with Gasteiger partial charge in [-0.1, -0.05) is 128 Å². The van der Waals surface area contributed by atoms with Gasteiger partial charge in [-0.15, -0.1) is 64.7 Å². The molecule has 1 aliphatic carbocycles. The first kappa shape index (κ1) is 35.1. The molecule has 2 heterocycles. The van der Waals surface area contributed by atoms with E-state index in [1.54, 1.807) is 0 Å². The minimum Gasteiger partial charge on any atom is -0.305 e. The van der Waals surface area contributed by atoms with Gasteiger partial charge in [0.15, 0.2) is 0 Å². The van der Waals surface area contributed by atoms with Crippen LogP contribution in [0.1, 0.15) is 77.6 Å². The zero-order chi connectivity index (χ0) is 33.4. The number of aromatic nitrogens is 2. The van der Waals surface area contributed by atoms with E-state index in [0.29, 0.717) is 0 Å². The molecule has 4 aromatic carbocycles. The maximum Gasteiger partial charge on any atom is 0.0166 e. The van der Waals surface area contributed by atoms with Crippen LogP contribution in [-0.2, 0) is 36.4 Å². The molecule has 3 heteroatoms. The van der Waals surface area contributed by atoms with Crippen LogP contribution >= 0.6 is 0 Å². The summed E-state index contributed by atoms with van der Waals surface area (Å²) in [6, 6.07) is 44.9. The molecule has 0 atom stereocenters. The van der Waals surface area contributed by atoms with Crippen molar-refractivity contribution in [2.75, 3.05) is 0 Å². The average Bonchev–Trinajstić information content (AvgIpc) is 3.31. The molecule has 0 aliphatic heterocycles. The number of hydrogen-bond acceptors (Lipinski definition) is 2. The Morgan fingerprint density at radius 2 is 1.23 bits per heavy atom. The molecule has 48 heavy (non-hydrogen) atoms. The third kappa shape index (κ3) is 7.14. The van der Waals surface area contributed by atoms with E-state index in [9.17, 15) is 0 Å². The Kier molecular flexibility index (Phi) is 10.1. The Labute approximate surface area is 301 Å². The Hall–Kier alpha value is -4.17. The third-order valence-corrected chi connectivity index (χ3v) is 9.20. The molecular weight excluding hydrogens is 761 g/mol. The van der Waals surface area contributed by atoms with Gasteiger partial charge >= 0.3 is 0 Å². The zero-order valence-corrected chi connectivity index (χ0v) is 31.7. The van der Waals surface area contributed by atoms with E-state index in [2.05, 4.69) is 150 Å². The van der Waals surface area contributed by atoms with E-state index < -0.39 is 0 Å². The number of pyridine rings is 2. The van der Waals surface area contributed by atoms with Crippen molar-refractivity contribution < 1.29 is 20.1 Å². The van der Waals surface area contributed by atoms with Crippen molar-refractivity contribution in [1.29, 1.82) is 0 Å². The van der Waals surface area contributed by atoms with E-state index in [-0.39, 0.29) is 36.4 Å². The zero-order valence-electron chi connectivity index (χ0n) is 29.3. The molecule has 1 aliphatic rings. The van der Waals surface area contributed by atoms with Gasteiger partial charge in [0.2, 0.25) is 0 Å². The molecule has 0 spiro atoms. The molecule has 0 N–H and O–H groups in total. The van der Waals surface area contributed by atoms with Gasteiger partial charge in [0.1, 0.15) is 0 Å². The predicted octanol–water partition coefficient (Wildman–Crippen LogP) is 11.7. The summed E-state index contributed by atoms with van der Waals surface area (Å²) in [5, 5.41) is 0. The monoisotopic (exact) mass is 805 g/mol. The number of benzene rings is 4. The minimum absolute atomic E-state index is 0. The third-order valence-electron chi connectivity index (χ3n) is 9.20. The molecule has 0 bridgehead atoms. The van der Waals surface area contributed by atoms with E-state index in [1.807, 2.05) is 48.8 Å². The summed E-state index contributed by atoms with van der Waals surface area (Å²) in [7, 11) is 0. The van der Waals surface area contributed by atoms with Crippen LogP contribution in [0.25, 0.3) is 44.8 Å². The summed E-state index contributed by atoms with van der Waals surface area (Å²) in [6.07, 6.45) is 3.73. The summed E-state index contributed by atoms with van der Waals surface area (Å²) in [5.41, 5.74) is 14.8. The Morgan fingerprint density at radius 1 is 0.562 bits per heavy atom. The molecule has 0 saturated heterocycles. The van der Waals surface area contributed by atoms with Crippen LogP contribution in [-0.4, -0.2) is 9.97 Å². The second-order valence-corrected chi connectivity index (χ2v) is 15.0. The van der Waals surface area contributed by atoms with E-state index in [1.165, 1.54) is 44.5 Å². The van der Waals surface area contributed by atoms with E-state index in [4.69, 9.17) is 0 Å². The smallest absolute Gasteiger partial charge is 0.0166 e. The summed E-state index contributed by atoms with van der Waals surface area (Å²) < 4.78 is 0. The van der Waals surface area contributed by atoms with Crippen molar-refractivity contribution in [3.63, 3.8) is 0 Å². The van der Waals surface area contributed by atoms with Crippen LogP contribution in [0.3, 0.4) is 0 Å². The van der Waals surface area contributed by atoms with Crippen molar-refractivity contribution in [2.24, 2.45) is 0 Å². The number of rotatable bonds is 3. The molecule has 6 aromatic rings. The number of nitrogens with zero attached hydrogens (tertiary/aromatic N) is 2. The van der Waals surface area contributed by atoms with Gasteiger partial charge in [-0.3, -0.25) is 0 Å². The van der Waals surface area contributed by atoms with Crippen molar-refractivity contribution in [3.8, 4) is 44.8 Å². The van der Waals surface area contributed by atoms with Crippen LogP contribution in [0, 0.1) is 12.1 Å². The van der Waals surface area contributed by atoms with Crippen molar-refractivity contribution in [1.82, 2.24) is 9.97 Å². The Balaban J connectivity index is 0.000000186. The van der Waals surface area contributed by atoms with Crippen LogP contribution in [0.4, 0.5) is 0 Å². The molecule has 2 nitrogen and oxygen atoms in total. The first-order chi connectivity index (χ1) is 22.3. The second-order valence-electron chi connectivity index (χ2n) is 15.0. The summed E-state index contributed by atoms with van der Waals surface area (Å²) in [5.74, 6) is 0. The normalized spacial score (nSPS) is 13.0. The maximum atomic E-state index is 4.58. The summed E-state index contributed by atoms with van der Waals surface area (Å²) in [4.78, 5) is 9.11. The van der Waals surface area contributed by atoms with Crippen LogP contribution in [0.2, 0.25) is 0 Å². The minimum atomic E-state index is -0.0590. The molecule has 0 amide bonds. The summed E-state index contributed by atoms with van der Waals surface area (Å²) in [6.45, 7) is 18.1. The molecule has 2 aromatic heterocycles. The number of fused-ring (bicyclic) bond motifs is 3.